The van der Waals surface area contributed by atoms with E-state index in [1.54, 1.807) is 14.0 Å². The van der Waals surface area contributed by atoms with Crippen LogP contribution in [0, 0.1) is 23.0 Å². The normalized spacial score (nSPS) is 28.0. The van der Waals surface area contributed by atoms with Gasteiger partial charge in [0.15, 0.2) is 16.8 Å². The summed E-state index contributed by atoms with van der Waals surface area (Å²) in [6.45, 7) is 4.83. The van der Waals surface area contributed by atoms with E-state index in [9.17, 15) is 9.18 Å². The Morgan fingerprint density at radius 1 is 1.23 bits per heavy atom. The molecular weight excluding hydrogens is 476 g/mol. The van der Waals surface area contributed by atoms with E-state index in [0.717, 1.165) is 18.9 Å². The van der Waals surface area contributed by atoms with Crippen LogP contribution < -0.4 is 15.8 Å². The Kier molecular flexibility index (Phi) is 5.75. The highest BCUT2D eigenvalue weighted by Crippen LogP contribution is 2.66. The Hall–Kier alpha value is -2.79. The number of benzene rings is 1. The van der Waals surface area contributed by atoms with Gasteiger partial charge in [0.25, 0.3) is 5.91 Å². The molecule has 8 nitrogen and oxygen atoms in total. The van der Waals surface area contributed by atoms with Crippen molar-refractivity contribution < 1.29 is 23.0 Å². The molecule has 3 aliphatic rings. The van der Waals surface area contributed by atoms with Crippen LogP contribution in [0.1, 0.15) is 49.2 Å². The lowest BCUT2D eigenvalue weighted by molar-refractivity contribution is 0.102. The van der Waals surface area contributed by atoms with Gasteiger partial charge in [-0.2, -0.15) is 0 Å². The summed E-state index contributed by atoms with van der Waals surface area (Å²) < 4.78 is 40.3. The van der Waals surface area contributed by atoms with Crippen molar-refractivity contribution in [3.63, 3.8) is 0 Å². The van der Waals surface area contributed by atoms with E-state index in [1.807, 2.05) is 0 Å². The minimum atomic E-state index is -1.10. The second-order valence-corrected chi connectivity index (χ2v) is 11.5. The van der Waals surface area contributed by atoms with Gasteiger partial charge in [0, 0.05) is 35.8 Å². The fraction of sp³-hybridized carbons (Fsp3) is 0.500. The molecular formula is C24H27F2N5O3S. The fourth-order valence-electron chi connectivity index (χ4n) is 4.67. The number of anilines is 1. The van der Waals surface area contributed by atoms with E-state index < -0.39 is 23.1 Å². The SMILES string of the molecule is COC[C@]12C[C@H]1[C@](C)(c1cc(NC(=O)c3cnc(OCC4(C)CC4)cn3)cc(F)c1F)N=C(N)S2. The molecule has 3 atom stereocenters. The lowest BCUT2D eigenvalue weighted by Gasteiger charge is -2.34. The molecule has 35 heavy (non-hydrogen) atoms. The number of aromatic nitrogens is 2. The summed E-state index contributed by atoms with van der Waals surface area (Å²) in [5.41, 5.74) is 5.29. The molecule has 186 valence electrons. The van der Waals surface area contributed by atoms with Crippen molar-refractivity contribution in [2.45, 2.75) is 43.4 Å². The van der Waals surface area contributed by atoms with E-state index in [4.69, 9.17) is 15.2 Å². The predicted octanol–water partition coefficient (Wildman–Crippen LogP) is 3.87. The Labute approximate surface area is 206 Å². The first-order chi connectivity index (χ1) is 16.6. The second-order valence-electron chi connectivity index (χ2n) is 10.1. The van der Waals surface area contributed by atoms with Gasteiger partial charge in [-0.25, -0.2) is 18.7 Å². The summed E-state index contributed by atoms with van der Waals surface area (Å²) in [4.78, 5) is 25.5. The molecule has 2 heterocycles. The van der Waals surface area contributed by atoms with Crippen LogP contribution in [0.4, 0.5) is 14.5 Å². The van der Waals surface area contributed by atoms with E-state index in [1.165, 1.54) is 30.2 Å². The molecule has 0 bridgehead atoms. The monoisotopic (exact) mass is 503 g/mol. The molecule has 1 aliphatic heterocycles. The van der Waals surface area contributed by atoms with Crippen LogP contribution in [0.15, 0.2) is 29.5 Å². The van der Waals surface area contributed by atoms with Gasteiger partial charge in [-0.1, -0.05) is 18.7 Å². The number of hydrogen-bond acceptors (Lipinski definition) is 8. The minimum absolute atomic E-state index is 0.0186. The van der Waals surface area contributed by atoms with Crippen LogP contribution in [-0.4, -0.2) is 46.1 Å². The zero-order valence-corrected chi connectivity index (χ0v) is 20.5. The first-order valence-electron chi connectivity index (χ1n) is 11.4. The van der Waals surface area contributed by atoms with Crippen molar-refractivity contribution in [2.75, 3.05) is 25.6 Å². The summed E-state index contributed by atoms with van der Waals surface area (Å²) >= 11 is 1.41. The topological polar surface area (TPSA) is 112 Å². The number of aliphatic imine (C=N–C) groups is 1. The molecule has 1 aromatic heterocycles. The number of carbonyl (C=O) groups is 1. The highest BCUT2D eigenvalue weighted by atomic mass is 32.2. The second kappa shape index (κ2) is 8.41. The molecule has 1 aromatic carbocycles. The maximum atomic E-state index is 15.0. The zero-order valence-electron chi connectivity index (χ0n) is 19.7. The zero-order chi connectivity index (χ0) is 25.0. The molecule has 2 aliphatic carbocycles. The molecule has 2 fully saturated rings. The number of nitrogens with one attached hydrogen (secondary N) is 1. The van der Waals surface area contributed by atoms with Crippen molar-refractivity contribution in [3.8, 4) is 5.88 Å². The first kappa shape index (κ1) is 23.9. The first-order valence-corrected chi connectivity index (χ1v) is 12.2. The number of amides is 1. The third kappa shape index (κ3) is 4.47. The van der Waals surface area contributed by atoms with Crippen molar-refractivity contribution in [2.24, 2.45) is 22.1 Å². The van der Waals surface area contributed by atoms with Gasteiger partial charge < -0.3 is 20.5 Å². The number of carbonyl (C=O) groups excluding carboxylic acids is 1. The third-order valence-corrected chi connectivity index (χ3v) is 8.38. The van der Waals surface area contributed by atoms with Crippen molar-refractivity contribution in [1.82, 2.24) is 9.97 Å². The number of hydrogen-bond donors (Lipinski definition) is 2. The van der Waals surface area contributed by atoms with Crippen molar-refractivity contribution >= 4 is 28.5 Å². The number of methoxy groups -OCH3 is 1. The smallest absolute Gasteiger partial charge is 0.275 e. The van der Waals surface area contributed by atoms with Gasteiger partial charge in [0.2, 0.25) is 5.88 Å². The van der Waals surface area contributed by atoms with Gasteiger partial charge in [0.1, 0.15) is 5.69 Å². The Morgan fingerprint density at radius 3 is 2.66 bits per heavy atom. The average Bonchev–Trinajstić information content (AvgIpc) is 3.72. The number of nitrogens with zero attached hydrogens (tertiary/aromatic N) is 3. The molecule has 5 rings (SSSR count). The molecule has 2 aromatic rings. The van der Waals surface area contributed by atoms with Crippen molar-refractivity contribution in [3.05, 3.63) is 47.4 Å². The Bertz CT molecular complexity index is 1210. The summed E-state index contributed by atoms with van der Waals surface area (Å²) in [6.07, 6.45) is 5.59. The molecule has 1 amide bonds. The Balaban J connectivity index is 1.36. The van der Waals surface area contributed by atoms with Crippen LogP contribution in [0.25, 0.3) is 0 Å². The highest BCUT2D eigenvalue weighted by Gasteiger charge is 2.66. The molecule has 2 saturated carbocycles. The average molecular weight is 504 g/mol. The van der Waals surface area contributed by atoms with Crippen LogP contribution in [0.5, 0.6) is 5.88 Å². The number of nitrogens with two attached hydrogens (primary N) is 1. The molecule has 11 heteroatoms. The van der Waals surface area contributed by atoms with E-state index in [0.29, 0.717) is 30.7 Å². The van der Waals surface area contributed by atoms with Crippen LogP contribution in [-0.2, 0) is 10.3 Å². The number of thioether (sulfide) groups is 1. The number of fused-ring (bicyclic) bond motifs is 1. The lowest BCUT2D eigenvalue weighted by atomic mass is 9.85. The van der Waals surface area contributed by atoms with Crippen LogP contribution in [0.2, 0.25) is 0 Å². The summed E-state index contributed by atoms with van der Waals surface area (Å²) in [7, 11) is 1.59. The summed E-state index contributed by atoms with van der Waals surface area (Å²) in [5.74, 6) is -2.48. The molecule has 0 unspecified atom stereocenters. The Morgan fingerprint density at radius 2 is 2.00 bits per heavy atom. The minimum Gasteiger partial charge on any atom is -0.476 e. The lowest BCUT2D eigenvalue weighted by Crippen LogP contribution is -2.38. The fourth-order valence-corrected chi connectivity index (χ4v) is 6.12. The van der Waals surface area contributed by atoms with Gasteiger partial charge in [0.05, 0.1) is 35.9 Å². The highest BCUT2D eigenvalue weighted by molar-refractivity contribution is 8.15. The largest absolute Gasteiger partial charge is 0.476 e. The number of rotatable bonds is 8. The quantitative estimate of drug-likeness (QED) is 0.563. The standard InChI is InChI=1S/C24H27F2N5O3S/c1-22(4-5-22)11-34-18-10-28-16(9-29-18)20(32)30-13-6-14(19(26)15(25)7-13)23(2)17-8-24(17,12-33-3)35-21(27)31-23/h6-7,9-10,17H,4-5,8,11-12H2,1-3H3,(H2,27,31)(H,30,32)/t17-,23-,24+/m0/s1. The van der Waals surface area contributed by atoms with Gasteiger partial charge in [-0.15, -0.1) is 0 Å². The summed E-state index contributed by atoms with van der Waals surface area (Å²) in [6, 6.07) is 2.33. The number of amidine groups is 1. The van der Waals surface area contributed by atoms with Crippen LogP contribution >= 0.6 is 11.8 Å². The molecule has 0 spiro atoms. The summed E-state index contributed by atoms with van der Waals surface area (Å²) in [5, 5.41) is 2.88. The van der Waals surface area contributed by atoms with E-state index >= 15 is 4.39 Å². The maximum absolute atomic E-state index is 15.0. The van der Waals surface area contributed by atoms with Crippen LogP contribution in [0.3, 0.4) is 0 Å². The predicted molar refractivity (Wildman–Crippen MR) is 128 cm³/mol. The van der Waals surface area contributed by atoms with Gasteiger partial charge in [-0.3, -0.25) is 9.79 Å². The van der Waals surface area contributed by atoms with Gasteiger partial charge >= 0.3 is 0 Å². The number of ether oxygens (including phenoxy) is 2. The van der Waals surface area contributed by atoms with E-state index in [2.05, 4.69) is 27.2 Å². The number of halogens is 2. The van der Waals surface area contributed by atoms with E-state index in [-0.39, 0.29) is 33.0 Å². The molecule has 3 N–H and O–H groups in total. The van der Waals surface area contributed by atoms with Gasteiger partial charge in [-0.05, 0) is 32.3 Å². The third-order valence-electron chi connectivity index (χ3n) is 7.11. The maximum Gasteiger partial charge on any atom is 0.275 e. The molecule has 0 saturated heterocycles. The molecule has 0 radical (unpaired) electrons. The van der Waals surface area contributed by atoms with Crippen molar-refractivity contribution in [1.29, 1.82) is 0 Å².